The van der Waals surface area contributed by atoms with Crippen molar-refractivity contribution in [2.75, 3.05) is 13.6 Å². The Hall–Kier alpha value is -0.500. The van der Waals surface area contributed by atoms with Crippen molar-refractivity contribution in [2.45, 2.75) is 63.8 Å². The minimum Gasteiger partial charge on any atom is -0.303 e. The minimum absolute atomic E-state index is 0.444. The smallest absolute Gasteiger partial charge is 0.137 e. The van der Waals surface area contributed by atoms with Crippen molar-refractivity contribution in [1.29, 1.82) is 0 Å². The molecule has 1 heterocycles. The van der Waals surface area contributed by atoms with Gasteiger partial charge in [-0.15, -0.1) is 0 Å². The molecule has 4 aliphatic rings. The van der Waals surface area contributed by atoms with Crippen LogP contribution < -0.4 is 14.0 Å². The molecule has 136 valence electrons. The summed E-state index contributed by atoms with van der Waals surface area (Å²) in [5, 5.41) is 0. The second-order valence-electron chi connectivity index (χ2n) is 7.70. The maximum atomic E-state index is 12.0. The van der Waals surface area contributed by atoms with E-state index in [1.807, 2.05) is 0 Å². The van der Waals surface area contributed by atoms with Crippen LogP contribution >= 0.6 is 0 Å². The Labute approximate surface area is 144 Å². The normalized spacial score (nSPS) is 36.5. The number of likely N-dealkylation sites (tertiary alicyclic amines) is 1. The molecule has 3 aliphatic carbocycles. The molecule has 0 spiro atoms. The molecule has 0 aromatic heterocycles. The Morgan fingerprint density at radius 3 is 2.62 bits per heavy atom. The summed E-state index contributed by atoms with van der Waals surface area (Å²) >= 11 is 0. The molecule has 2 fully saturated rings. The van der Waals surface area contributed by atoms with Crippen LogP contribution in [-0.2, 0) is 4.79 Å². The van der Waals surface area contributed by atoms with Crippen LogP contribution in [0, 0.1) is 21.6 Å². The predicted molar refractivity (Wildman–Crippen MR) is 78.1 cm³/mol. The number of rotatable bonds is 0. The Balaban J connectivity index is 0.000000300. The number of nitrogens with zero attached hydrogens (tertiary/aromatic N) is 1. The van der Waals surface area contributed by atoms with E-state index in [9.17, 15) is 4.79 Å². The lowest BCUT2D eigenvalue weighted by Crippen LogP contribution is -2.58. The third kappa shape index (κ3) is 3.54. The molecule has 0 amide bonds. The van der Waals surface area contributed by atoms with E-state index in [-0.39, 0.29) is 0 Å². The van der Waals surface area contributed by atoms with Crippen molar-refractivity contribution < 1.29 is 33.7 Å². The second kappa shape index (κ2) is 6.67. The third-order valence-electron chi connectivity index (χ3n) is 6.60. The molecule has 0 aromatic rings. The molecule has 6 nitrogen and oxygen atoms in total. The Morgan fingerprint density at radius 1 is 1.21 bits per heavy atom. The maximum Gasteiger partial charge on any atom is 0.137 e. The summed E-state index contributed by atoms with van der Waals surface area (Å²) in [5.41, 5.74) is 3.77. The third-order valence-corrected chi connectivity index (χ3v) is 6.60. The molecule has 2 bridgehead atoms. The molecule has 1 saturated carbocycles. The van der Waals surface area contributed by atoms with Gasteiger partial charge in [0.2, 0.25) is 0 Å². The van der Waals surface area contributed by atoms with E-state index >= 15 is 0 Å². The topological polar surface area (TPSA) is 110 Å². The number of Topliss-reactive ketones (excluding diaryl/α,β-unsaturated/α-hetero) is 1. The molecule has 0 radical (unpaired) electrons. The summed E-state index contributed by atoms with van der Waals surface area (Å²) in [6.45, 7) is 1.24. The van der Waals surface area contributed by atoms with Gasteiger partial charge in [-0.3, -0.25) is 4.79 Å². The minimum atomic E-state index is -4.69. The monoisotopic (exact) mass is 359 g/mol. The summed E-state index contributed by atoms with van der Waals surface area (Å²) in [7, 11) is -2.37. The van der Waals surface area contributed by atoms with Gasteiger partial charge in [0.15, 0.2) is 0 Å². The van der Waals surface area contributed by atoms with Gasteiger partial charge in [0, 0.05) is 18.9 Å². The summed E-state index contributed by atoms with van der Waals surface area (Å²) in [6.07, 6.45) is 10.9. The maximum absolute atomic E-state index is 12.0. The first-order valence-corrected chi connectivity index (χ1v) is 10.0. The van der Waals surface area contributed by atoms with E-state index in [2.05, 4.69) is 11.9 Å². The van der Waals surface area contributed by atoms with Crippen molar-refractivity contribution >= 4 is 5.78 Å². The SMILES string of the molecule is CN1CCC23CCCC[C@H]2C1CC1=C3CC(=O)CC1.[O-][Cl+3]([O-])([O-])O. The fourth-order valence-electron chi connectivity index (χ4n) is 5.67. The quantitative estimate of drug-likeness (QED) is 0.567. The molecule has 4 rings (SSSR count). The number of hydrogen-bond donors (Lipinski definition) is 1. The van der Waals surface area contributed by atoms with Gasteiger partial charge in [0.25, 0.3) is 0 Å². The zero-order chi connectivity index (χ0) is 17.5. The van der Waals surface area contributed by atoms with Crippen molar-refractivity contribution in [2.24, 2.45) is 11.3 Å². The van der Waals surface area contributed by atoms with Gasteiger partial charge in [0.1, 0.15) is 5.78 Å². The Kier molecular flexibility index (Phi) is 5.08. The van der Waals surface area contributed by atoms with E-state index in [1.54, 1.807) is 11.1 Å². The number of carbonyl (C=O) groups excluding carboxylic acids is 1. The van der Waals surface area contributed by atoms with E-state index in [0.29, 0.717) is 11.2 Å². The van der Waals surface area contributed by atoms with Gasteiger partial charge in [-0.1, -0.05) is 24.0 Å². The first-order chi connectivity index (χ1) is 11.2. The number of hydrogen-bond acceptors (Lipinski definition) is 6. The lowest BCUT2D eigenvalue weighted by molar-refractivity contribution is -1.92. The molecule has 1 aliphatic heterocycles. The van der Waals surface area contributed by atoms with Crippen LogP contribution in [0.1, 0.15) is 57.8 Å². The molecule has 7 heteroatoms. The average molecular weight is 360 g/mol. The Bertz CT molecular complexity index is 538. The number of carbonyl (C=O) groups is 1. The van der Waals surface area contributed by atoms with Gasteiger partial charge in [-0.2, -0.15) is 14.0 Å². The van der Waals surface area contributed by atoms with Gasteiger partial charge >= 0.3 is 0 Å². The fraction of sp³-hybridized carbons (Fsp3) is 0.824. The number of piperidine rings is 1. The zero-order valence-corrected chi connectivity index (χ0v) is 14.9. The van der Waals surface area contributed by atoms with Crippen LogP contribution in [0.2, 0.25) is 0 Å². The van der Waals surface area contributed by atoms with Crippen molar-refractivity contribution in [3.8, 4) is 0 Å². The first kappa shape index (κ1) is 18.3. The lowest BCUT2D eigenvalue weighted by atomic mass is 9.50. The van der Waals surface area contributed by atoms with Crippen LogP contribution in [0.15, 0.2) is 11.1 Å². The van der Waals surface area contributed by atoms with Gasteiger partial charge < -0.3 is 4.90 Å². The van der Waals surface area contributed by atoms with Crippen molar-refractivity contribution in [3.05, 3.63) is 11.1 Å². The first-order valence-electron chi connectivity index (χ1n) is 8.77. The predicted octanol–water partition coefficient (Wildman–Crippen LogP) is -0.804. The van der Waals surface area contributed by atoms with E-state index in [0.717, 1.165) is 31.2 Å². The van der Waals surface area contributed by atoms with Crippen LogP contribution in [-0.4, -0.2) is 35.0 Å². The second-order valence-corrected chi connectivity index (χ2v) is 8.50. The molecular formula is C17H26ClNO5. The molecular weight excluding hydrogens is 334 g/mol. The highest BCUT2D eigenvalue weighted by Crippen LogP contribution is 2.60. The highest BCUT2D eigenvalue weighted by molar-refractivity contribution is 5.83. The molecule has 24 heavy (non-hydrogen) atoms. The molecule has 2 unspecified atom stereocenters. The lowest BCUT2D eigenvalue weighted by Gasteiger charge is -2.60. The van der Waals surface area contributed by atoms with Crippen molar-refractivity contribution in [3.63, 3.8) is 0 Å². The van der Waals surface area contributed by atoms with E-state index < -0.39 is 10.2 Å². The summed E-state index contributed by atoms with van der Waals surface area (Å²) in [4.78, 5) is 14.6. The number of ketones is 1. The molecule has 3 atom stereocenters. The van der Waals surface area contributed by atoms with Crippen LogP contribution in [0.5, 0.6) is 0 Å². The van der Waals surface area contributed by atoms with Crippen LogP contribution in [0.3, 0.4) is 0 Å². The molecule has 1 saturated heterocycles. The van der Waals surface area contributed by atoms with E-state index in [1.165, 1.54) is 45.1 Å². The molecule has 1 N–H and O–H groups in total. The highest BCUT2D eigenvalue weighted by Gasteiger charge is 2.54. The molecule has 0 aromatic carbocycles. The summed E-state index contributed by atoms with van der Waals surface area (Å²) in [5.74, 6) is 1.36. The van der Waals surface area contributed by atoms with E-state index in [4.69, 9.17) is 18.6 Å². The van der Waals surface area contributed by atoms with Gasteiger partial charge in [0.05, 0.1) is 14.9 Å². The summed E-state index contributed by atoms with van der Waals surface area (Å²) in [6, 6.07) is 0.779. The fourth-order valence-corrected chi connectivity index (χ4v) is 5.67. The average Bonchev–Trinajstić information content (AvgIpc) is 2.50. The Morgan fingerprint density at radius 2 is 1.92 bits per heavy atom. The number of allylic oxidation sites excluding steroid dienone is 1. The van der Waals surface area contributed by atoms with Gasteiger partial charge in [-0.25, -0.2) is 0 Å². The number of halogens is 1. The largest absolute Gasteiger partial charge is 0.303 e. The standard InChI is InChI=1S/C17H25NO.ClHO4/c1-18-9-8-17-7-3-2-4-14(17)16(18)10-12-5-6-13(19)11-15(12)17;2-1(3,4)5/h14,16H,2-11H2,1H3;(H,2,3,4,5)/t14-,16?,17?;/m0./s1. The van der Waals surface area contributed by atoms with Crippen LogP contribution in [0.4, 0.5) is 0 Å². The zero-order valence-electron chi connectivity index (χ0n) is 14.1. The van der Waals surface area contributed by atoms with Crippen molar-refractivity contribution in [1.82, 2.24) is 4.90 Å². The summed E-state index contributed by atoms with van der Waals surface area (Å²) < 4.78 is 32.7. The van der Waals surface area contributed by atoms with Crippen LogP contribution in [0.25, 0.3) is 0 Å². The highest BCUT2D eigenvalue weighted by atomic mass is 35.7. The van der Waals surface area contributed by atoms with Gasteiger partial charge in [-0.05, 0) is 57.0 Å².